The maximum atomic E-state index is 14.3. The Kier molecular flexibility index (Phi) is 34.8. The van der Waals surface area contributed by atoms with Crippen LogP contribution in [0.3, 0.4) is 0 Å². The van der Waals surface area contributed by atoms with E-state index < -0.39 is 13.6 Å². The predicted octanol–water partition coefficient (Wildman–Crippen LogP) is 12.5. The van der Waals surface area contributed by atoms with Gasteiger partial charge < -0.3 is 19.5 Å². The van der Waals surface area contributed by atoms with E-state index in [1.54, 1.807) is 0 Å². The Labute approximate surface area is 302 Å². The average Bonchev–Trinajstić information content (AvgIpc) is 3.07. The number of aliphatic hydroxyl groups excluding tert-OH is 1. The molecule has 0 fully saturated rings. The minimum atomic E-state index is -2.09. The molecule has 0 aromatic heterocycles. The van der Waals surface area contributed by atoms with Crippen LogP contribution < -0.4 is 0 Å². The number of unbranched alkanes of at least 4 members (excludes halogenated alkanes) is 20. The third kappa shape index (κ3) is 29.4. The number of hydrogen-bond donors (Lipinski definition) is 1. The van der Waals surface area contributed by atoms with Crippen LogP contribution in [0.1, 0.15) is 207 Å². The number of rotatable bonds is 37. The van der Waals surface area contributed by atoms with Crippen molar-refractivity contribution in [1.82, 2.24) is 9.80 Å². The molecule has 288 valence electrons. The molecule has 4 unspecified atom stereocenters. The van der Waals surface area contributed by atoms with Crippen molar-refractivity contribution < 1.29 is 14.5 Å². The molecule has 0 heterocycles. The zero-order valence-corrected chi connectivity index (χ0v) is 34.5. The molecule has 0 saturated carbocycles. The molecular weight excluding hydrogens is 611 g/mol. The Bertz CT molecular complexity index is 719. The van der Waals surface area contributed by atoms with Crippen molar-refractivity contribution >= 4 is 13.7 Å². The summed E-state index contributed by atoms with van der Waals surface area (Å²) in [5, 5.41) is 10.8. The lowest BCUT2D eigenvalue weighted by Crippen LogP contribution is -2.39. The molecule has 0 aliphatic heterocycles. The summed E-state index contributed by atoms with van der Waals surface area (Å²) < 4.78 is 12.8. The molecule has 0 spiro atoms. The predicted molar refractivity (Wildman–Crippen MR) is 214 cm³/mol. The van der Waals surface area contributed by atoms with Crippen LogP contribution in [0, 0.1) is 11.8 Å². The lowest BCUT2D eigenvalue weighted by Gasteiger charge is -2.29. The molecule has 0 aliphatic rings. The van der Waals surface area contributed by atoms with E-state index in [2.05, 4.69) is 32.6 Å². The number of amides is 1. The first-order valence-electron chi connectivity index (χ1n) is 21.4. The Hall–Kier alpha value is -0.380. The normalized spacial score (nSPS) is 14.3. The van der Waals surface area contributed by atoms with E-state index in [0.717, 1.165) is 45.2 Å². The molecule has 4 atom stereocenters. The van der Waals surface area contributed by atoms with Gasteiger partial charge in [0.1, 0.15) is 13.6 Å². The van der Waals surface area contributed by atoms with Gasteiger partial charge in [0.05, 0.1) is 0 Å². The number of carbonyl (C=O) groups excluding carboxylic acids is 1. The fourth-order valence-corrected chi connectivity index (χ4v) is 8.39. The van der Waals surface area contributed by atoms with Crippen LogP contribution in [0.5, 0.6) is 0 Å². The number of nitrogens with zero attached hydrogens (tertiary/aromatic N) is 2. The quantitative estimate of drug-likeness (QED) is 0.0518. The number of aliphatic hydroxyl groups is 1. The van der Waals surface area contributed by atoms with Crippen molar-refractivity contribution in [2.45, 2.75) is 213 Å². The van der Waals surface area contributed by atoms with Gasteiger partial charge in [-0.3, -0.25) is 4.79 Å². The summed E-state index contributed by atoms with van der Waals surface area (Å²) in [6.45, 7) is 11.2. The molecular formula is C42H87N2O3P. The van der Waals surface area contributed by atoms with Crippen molar-refractivity contribution in [3.05, 3.63) is 0 Å². The smallest absolute Gasteiger partial charge is 0.225 e. The van der Waals surface area contributed by atoms with Crippen LogP contribution in [0.25, 0.3) is 0 Å². The number of carbonyl (C=O) groups is 1. The van der Waals surface area contributed by atoms with E-state index in [0.29, 0.717) is 31.0 Å². The van der Waals surface area contributed by atoms with Crippen LogP contribution >= 0.6 is 7.80 Å². The fraction of sp³-hybridized carbons (Fsp3) is 0.976. The standard InChI is InChI=1S/C42H87N2O3P/c1-7-10-13-16-19-20-21-23-26-29-32-40(31-28-25-18-15-12-9-3)42(46)44(36-34-41(45)48(47)38-37-43(5)6)35-33-39(4)30-27-24-22-17-14-11-8-2/h39-41,45,48H,7-38H2,1-6H3. The molecule has 0 bridgehead atoms. The van der Waals surface area contributed by atoms with Gasteiger partial charge in [-0.1, -0.05) is 182 Å². The highest BCUT2D eigenvalue weighted by Crippen LogP contribution is 2.29. The van der Waals surface area contributed by atoms with Crippen molar-refractivity contribution in [1.29, 1.82) is 0 Å². The minimum Gasteiger partial charge on any atom is -0.386 e. The summed E-state index contributed by atoms with van der Waals surface area (Å²) in [7, 11) is 1.87. The van der Waals surface area contributed by atoms with Gasteiger partial charge in [-0.05, 0) is 45.7 Å². The average molecular weight is 699 g/mol. The van der Waals surface area contributed by atoms with Gasteiger partial charge in [-0.2, -0.15) is 0 Å². The fourth-order valence-electron chi connectivity index (χ4n) is 6.94. The summed E-state index contributed by atoms with van der Waals surface area (Å²) in [6, 6.07) is 0. The van der Waals surface area contributed by atoms with Gasteiger partial charge in [-0.15, -0.1) is 0 Å². The largest absolute Gasteiger partial charge is 0.386 e. The van der Waals surface area contributed by atoms with E-state index in [-0.39, 0.29) is 5.92 Å². The third-order valence-corrected chi connectivity index (χ3v) is 12.3. The maximum Gasteiger partial charge on any atom is 0.225 e. The Morgan fingerprint density at radius 1 is 0.542 bits per heavy atom. The first-order valence-corrected chi connectivity index (χ1v) is 23.1. The summed E-state index contributed by atoms with van der Waals surface area (Å²) >= 11 is 0. The van der Waals surface area contributed by atoms with Crippen LogP contribution in [-0.4, -0.2) is 66.6 Å². The lowest BCUT2D eigenvalue weighted by molar-refractivity contribution is -0.136. The summed E-state index contributed by atoms with van der Waals surface area (Å²) in [4.78, 5) is 18.4. The van der Waals surface area contributed by atoms with E-state index in [1.165, 1.54) is 141 Å². The van der Waals surface area contributed by atoms with Crippen LogP contribution in [-0.2, 0) is 9.36 Å². The molecule has 0 rings (SSSR count). The van der Waals surface area contributed by atoms with Crippen molar-refractivity contribution in [2.75, 3.05) is 39.9 Å². The molecule has 48 heavy (non-hydrogen) atoms. The molecule has 0 saturated heterocycles. The van der Waals surface area contributed by atoms with E-state index in [1.807, 2.05) is 19.0 Å². The SMILES string of the molecule is CCCCCCCCCCCCC(CCCCCCCC)C(=O)N(CCC(C)CCCCCCCCC)CCC(O)[PH](=O)CCN(C)C. The monoisotopic (exact) mass is 699 g/mol. The van der Waals surface area contributed by atoms with E-state index in [4.69, 9.17) is 0 Å². The molecule has 0 aromatic carbocycles. The zero-order valence-electron chi connectivity index (χ0n) is 33.5. The summed E-state index contributed by atoms with van der Waals surface area (Å²) in [5.41, 5.74) is 0. The van der Waals surface area contributed by atoms with Crippen molar-refractivity contribution in [2.24, 2.45) is 11.8 Å². The molecule has 1 N–H and O–H groups in total. The first kappa shape index (κ1) is 47.6. The highest BCUT2D eigenvalue weighted by atomic mass is 31.1. The summed E-state index contributed by atoms with van der Waals surface area (Å²) in [5.74, 6) is 0.197. The molecule has 6 heteroatoms. The van der Waals surface area contributed by atoms with Gasteiger partial charge in [0.2, 0.25) is 5.91 Å². The molecule has 1 amide bonds. The van der Waals surface area contributed by atoms with Gasteiger partial charge in [0.15, 0.2) is 0 Å². The highest BCUT2D eigenvalue weighted by Gasteiger charge is 2.25. The van der Waals surface area contributed by atoms with Crippen LogP contribution in [0.15, 0.2) is 0 Å². The number of hydrogen-bond acceptors (Lipinski definition) is 4. The highest BCUT2D eigenvalue weighted by molar-refractivity contribution is 7.45. The molecule has 0 aliphatic carbocycles. The van der Waals surface area contributed by atoms with Gasteiger partial charge in [0, 0.05) is 31.7 Å². The Morgan fingerprint density at radius 3 is 1.33 bits per heavy atom. The van der Waals surface area contributed by atoms with Crippen molar-refractivity contribution in [3.63, 3.8) is 0 Å². The second-order valence-electron chi connectivity index (χ2n) is 15.7. The van der Waals surface area contributed by atoms with Crippen LogP contribution in [0.4, 0.5) is 0 Å². The second-order valence-corrected chi connectivity index (χ2v) is 17.8. The van der Waals surface area contributed by atoms with Gasteiger partial charge >= 0.3 is 0 Å². The van der Waals surface area contributed by atoms with E-state index >= 15 is 0 Å². The summed E-state index contributed by atoms with van der Waals surface area (Å²) in [6.07, 6.45) is 35.3. The second kappa shape index (κ2) is 35.0. The first-order chi connectivity index (χ1) is 23.3. The third-order valence-electron chi connectivity index (χ3n) is 10.5. The van der Waals surface area contributed by atoms with Crippen molar-refractivity contribution in [3.8, 4) is 0 Å². The van der Waals surface area contributed by atoms with E-state index in [9.17, 15) is 14.5 Å². The topological polar surface area (TPSA) is 60.9 Å². The zero-order chi connectivity index (χ0) is 35.7. The minimum absolute atomic E-state index is 0.0894. The Balaban J connectivity index is 5.22. The molecule has 5 nitrogen and oxygen atoms in total. The van der Waals surface area contributed by atoms with Gasteiger partial charge in [-0.25, -0.2) is 0 Å². The Morgan fingerprint density at radius 2 is 0.917 bits per heavy atom. The van der Waals surface area contributed by atoms with Crippen LogP contribution in [0.2, 0.25) is 0 Å². The molecule has 0 radical (unpaired) electrons. The maximum absolute atomic E-state index is 14.3. The molecule has 0 aromatic rings. The van der Waals surface area contributed by atoms with Gasteiger partial charge in [0.25, 0.3) is 0 Å². The lowest BCUT2D eigenvalue weighted by atomic mass is 9.92.